The van der Waals surface area contributed by atoms with Crippen molar-refractivity contribution < 1.29 is 19.2 Å². The molecule has 1 aromatic rings. The summed E-state index contributed by atoms with van der Waals surface area (Å²) in [6, 6.07) is 1.50. The summed E-state index contributed by atoms with van der Waals surface area (Å²) in [5, 5.41) is 12.5. The lowest BCUT2D eigenvalue weighted by atomic mass is 9.94. The molecule has 5 nitrogen and oxygen atoms in total. The van der Waals surface area contributed by atoms with Gasteiger partial charge in [-0.15, -0.1) is 0 Å². The van der Waals surface area contributed by atoms with Gasteiger partial charge in [0.2, 0.25) is 0 Å². The summed E-state index contributed by atoms with van der Waals surface area (Å²) in [6.07, 6.45) is 0. The molecule has 0 aliphatic rings. The van der Waals surface area contributed by atoms with Gasteiger partial charge in [-0.2, -0.15) is 0 Å². The first-order valence-electron chi connectivity index (χ1n) is 4.29. The number of hydrogen-bond donors (Lipinski definition) is 1. The van der Waals surface area contributed by atoms with Crippen LogP contribution in [0.25, 0.3) is 0 Å². The molecule has 1 heterocycles. The normalized spacial score (nSPS) is 12.9. The highest BCUT2D eigenvalue weighted by Gasteiger charge is 2.28. The average molecular weight is 199 g/mol. The van der Waals surface area contributed by atoms with Gasteiger partial charge in [0.25, 0.3) is 5.88 Å². The van der Waals surface area contributed by atoms with E-state index in [4.69, 9.17) is 14.4 Å². The van der Waals surface area contributed by atoms with E-state index >= 15 is 0 Å². The largest absolute Gasteiger partial charge is 0.481 e. The van der Waals surface area contributed by atoms with Crippen molar-refractivity contribution in [3.8, 4) is 5.88 Å². The van der Waals surface area contributed by atoms with Crippen LogP contribution in [0.4, 0.5) is 0 Å². The fraction of sp³-hybridized carbons (Fsp3) is 0.556. The van der Waals surface area contributed by atoms with Gasteiger partial charge in [-0.25, -0.2) is 0 Å². The first-order valence-corrected chi connectivity index (χ1v) is 4.29. The minimum absolute atomic E-state index is 0.0508. The Bertz CT molecular complexity index is 318. The highest BCUT2D eigenvalue weighted by molar-refractivity contribution is 5.75. The van der Waals surface area contributed by atoms with Gasteiger partial charge in [0, 0.05) is 6.07 Å². The van der Waals surface area contributed by atoms with Crippen molar-refractivity contribution in [2.24, 2.45) is 5.92 Å². The fourth-order valence-electron chi connectivity index (χ4n) is 1.25. The predicted molar refractivity (Wildman–Crippen MR) is 48.3 cm³/mol. The molecule has 0 radical (unpaired) electrons. The maximum absolute atomic E-state index is 10.9. The van der Waals surface area contributed by atoms with Crippen LogP contribution in [-0.4, -0.2) is 23.3 Å². The van der Waals surface area contributed by atoms with Gasteiger partial charge in [0.1, 0.15) is 5.92 Å². The van der Waals surface area contributed by atoms with Gasteiger partial charge in [-0.1, -0.05) is 13.8 Å². The molecule has 1 rings (SSSR count). The van der Waals surface area contributed by atoms with E-state index in [-0.39, 0.29) is 5.92 Å². The van der Waals surface area contributed by atoms with E-state index in [9.17, 15) is 4.79 Å². The number of aromatic nitrogens is 1. The molecule has 5 heteroatoms. The summed E-state index contributed by atoms with van der Waals surface area (Å²) in [4.78, 5) is 10.9. The van der Waals surface area contributed by atoms with Gasteiger partial charge >= 0.3 is 5.97 Å². The molecule has 1 N–H and O–H groups in total. The van der Waals surface area contributed by atoms with E-state index in [2.05, 4.69) is 5.16 Å². The van der Waals surface area contributed by atoms with E-state index in [1.54, 1.807) is 0 Å². The zero-order valence-corrected chi connectivity index (χ0v) is 8.35. The molecule has 0 bridgehead atoms. The molecule has 1 unspecified atom stereocenters. The molecule has 1 aromatic heterocycles. The average Bonchev–Trinajstić information content (AvgIpc) is 2.51. The highest BCUT2D eigenvalue weighted by atomic mass is 16.5. The first kappa shape index (κ1) is 10.6. The van der Waals surface area contributed by atoms with Crippen LogP contribution in [0.15, 0.2) is 10.6 Å². The van der Waals surface area contributed by atoms with E-state index in [1.807, 2.05) is 13.8 Å². The van der Waals surface area contributed by atoms with Crippen molar-refractivity contribution in [1.29, 1.82) is 0 Å². The molecule has 0 aliphatic heterocycles. The zero-order valence-electron chi connectivity index (χ0n) is 8.35. The van der Waals surface area contributed by atoms with E-state index in [0.717, 1.165) is 0 Å². The predicted octanol–water partition coefficient (Wildman–Crippen LogP) is 1.51. The summed E-state index contributed by atoms with van der Waals surface area (Å²) in [7, 11) is 1.45. The number of nitrogens with zero attached hydrogens (tertiary/aromatic N) is 1. The molecule has 0 saturated carbocycles. The topological polar surface area (TPSA) is 72.6 Å². The molecular weight excluding hydrogens is 186 g/mol. The number of carbonyl (C=O) groups is 1. The monoisotopic (exact) mass is 199 g/mol. The van der Waals surface area contributed by atoms with E-state index in [0.29, 0.717) is 11.6 Å². The molecule has 0 saturated heterocycles. The molecule has 0 fully saturated rings. The van der Waals surface area contributed by atoms with Crippen LogP contribution in [-0.2, 0) is 4.79 Å². The summed E-state index contributed by atoms with van der Waals surface area (Å²) >= 11 is 0. The summed E-state index contributed by atoms with van der Waals surface area (Å²) < 4.78 is 9.69. The number of rotatable bonds is 4. The SMILES string of the molecule is COc1cc(C(C(=O)O)C(C)C)on1. The second-order valence-corrected chi connectivity index (χ2v) is 3.33. The third kappa shape index (κ3) is 2.04. The molecule has 1 atom stereocenters. The Morgan fingerprint density at radius 3 is 2.64 bits per heavy atom. The van der Waals surface area contributed by atoms with Gasteiger partial charge < -0.3 is 14.4 Å². The maximum Gasteiger partial charge on any atom is 0.314 e. The number of carboxylic acid groups (broad SMARTS) is 1. The zero-order chi connectivity index (χ0) is 10.7. The smallest absolute Gasteiger partial charge is 0.314 e. The van der Waals surface area contributed by atoms with Crippen molar-refractivity contribution in [3.05, 3.63) is 11.8 Å². The van der Waals surface area contributed by atoms with Crippen LogP contribution in [0.1, 0.15) is 25.5 Å². The quantitative estimate of drug-likeness (QED) is 0.795. The third-order valence-corrected chi connectivity index (χ3v) is 1.96. The van der Waals surface area contributed by atoms with Crippen LogP contribution in [0.5, 0.6) is 5.88 Å². The molecule has 0 spiro atoms. The first-order chi connectivity index (χ1) is 6.56. The maximum atomic E-state index is 10.9. The van der Waals surface area contributed by atoms with Gasteiger partial charge in [-0.3, -0.25) is 4.79 Å². The van der Waals surface area contributed by atoms with Crippen LogP contribution in [0.3, 0.4) is 0 Å². The molecule has 0 aliphatic carbocycles. The molecule has 14 heavy (non-hydrogen) atoms. The van der Waals surface area contributed by atoms with Crippen molar-refractivity contribution in [1.82, 2.24) is 5.16 Å². The molecule has 0 amide bonds. The van der Waals surface area contributed by atoms with Crippen molar-refractivity contribution in [2.45, 2.75) is 19.8 Å². The Labute approximate surface area is 81.7 Å². The van der Waals surface area contributed by atoms with Crippen LogP contribution < -0.4 is 4.74 Å². The summed E-state index contributed by atoms with van der Waals surface area (Å²) in [5.41, 5.74) is 0. The summed E-state index contributed by atoms with van der Waals surface area (Å²) in [5.74, 6) is -1.02. The van der Waals surface area contributed by atoms with Crippen LogP contribution >= 0.6 is 0 Å². The number of methoxy groups -OCH3 is 1. The van der Waals surface area contributed by atoms with E-state index < -0.39 is 11.9 Å². The van der Waals surface area contributed by atoms with Crippen molar-refractivity contribution in [2.75, 3.05) is 7.11 Å². The Kier molecular flexibility index (Phi) is 3.11. The molecule has 78 valence electrons. The Morgan fingerprint density at radius 1 is 1.64 bits per heavy atom. The lowest BCUT2D eigenvalue weighted by Gasteiger charge is -2.11. The second-order valence-electron chi connectivity index (χ2n) is 3.33. The minimum Gasteiger partial charge on any atom is -0.481 e. The van der Waals surface area contributed by atoms with Gasteiger partial charge in [0.15, 0.2) is 5.76 Å². The Balaban J connectivity index is 2.93. The lowest BCUT2D eigenvalue weighted by molar-refractivity contribution is -0.140. The fourth-order valence-corrected chi connectivity index (χ4v) is 1.25. The third-order valence-electron chi connectivity index (χ3n) is 1.96. The number of ether oxygens (including phenoxy) is 1. The van der Waals surface area contributed by atoms with Gasteiger partial charge in [-0.05, 0) is 11.1 Å². The van der Waals surface area contributed by atoms with Crippen molar-refractivity contribution in [3.63, 3.8) is 0 Å². The lowest BCUT2D eigenvalue weighted by Crippen LogP contribution is -2.16. The minimum atomic E-state index is -0.918. The van der Waals surface area contributed by atoms with Gasteiger partial charge in [0.05, 0.1) is 7.11 Å². The molecule has 0 aromatic carbocycles. The summed E-state index contributed by atoms with van der Waals surface area (Å²) in [6.45, 7) is 3.63. The number of hydrogen-bond acceptors (Lipinski definition) is 4. The number of aliphatic carboxylic acids is 1. The Morgan fingerprint density at radius 2 is 2.29 bits per heavy atom. The Hall–Kier alpha value is -1.52. The standard InChI is InChI=1S/C9H13NO4/c1-5(2)8(9(11)12)6-4-7(13-3)10-14-6/h4-5,8H,1-3H3,(H,11,12). The van der Waals surface area contributed by atoms with Crippen LogP contribution in [0, 0.1) is 5.92 Å². The second kappa shape index (κ2) is 4.13. The highest BCUT2D eigenvalue weighted by Crippen LogP contribution is 2.27. The molecular formula is C9H13NO4. The van der Waals surface area contributed by atoms with Crippen LogP contribution in [0.2, 0.25) is 0 Å². The van der Waals surface area contributed by atoms with E-state index in [1.165, 1.54) is 13.2 Å². The van der Waals surface area contributed by atoms with Crippen molar-refractivity contribution >= 4 is 5.97 Å². The number of carboxylic acids is 1.